The number of nitrogens with one attached hydrogen (secondary N) is 6. The highest BCUT2D eigenvalue weighted by molar-refractivity contribution is 7.39. The largest absolute Gasteiger partial charge is 0.474 e. The normalized spacial score (nSPS) is 18.7. The molecule has 30 nitrogen and oxygen atoms in total. The quantitative estimate of drug-likeness (QED) is 0.0249. The van der Waals surface area contributed by atoms with Crippen LogP contribution in [0, 0.1) is 11.8 Å². The average molecular weight is 1220 g/mol. The zero-order chi connectivity index (χ0) is 61.4. The first-order chi connectivity index (χ1) is 40.5. The lowest BCUT2D eigenvalue weighted by atomic mass is 10.0. The van der Waals surface area contributed by atoms with Gasteiger partial charge >= 0.3 is 35.1 Å². The Labute approximate surface area is 489 Å². The van der Waals surface area contributed by atoms with Gasteiger partial charge in [-0.05, 0) is 94.0 Å². The number of hydrogen-bond donors (Lipinski definition) is 9. The number of benzene rings is 2. The van der Waals surface area contributed by atoms with Gasteiger partial charge in [-0.3, -0.25) is 38.6 Å². The first-order valence-corrected chi connectivity index (χ1v) is 29.6. The smallest absolute Gasteiger partial charge is 0.410 e. The number of aromatic amines is 1. The highest BCUT2D eigenvalue weighted by Crippen LogP contribution is 2.41. The number of anilines is 2. The van der Waals surface area contributed by atoms with Crippen LogP contribution in [0.4, 0.5) is 26.0 Å². The van der Waals surface area contributed by atoms with Crippen LogP contribution in [-0.2, 0) is 55.1 Å². The predicted molar refractivity (Wildman–Crippen MR) is 305 cm³/mol. The van der Waals surface area contributed by atoms with Gasteiger partial charge < -0.3 is 74.2 Å². The van der Waals surface area contributed by atoms with Crippen molar-refractivity contribution in [3.8, 4) is 5.88 Å². The summed E-state index contributed by atoms with van der Waals surface area (Å²) in [5.74, 6) is -2.09. The summed E-state index contributed by atoms with van der Waals surface area (Å²) in [4.78, 5) is 131. The summed E-state index contributed by atoms with van der Waals surface area (Å²) in [6.07, 6.45) is 2.23. The summed E-state index contributed by atoms with van der Waals surface area (Å²) in [5.41, 5.74) is 4.88. The Balaban J connectivity index is 0.940. The van der Waals surface area contributed by atoms with E-state index in [1.165, 1.54) is 35.2 Å². The minimum Gasteiger partial charge on any atom is -0.474 e. The molecule has 2 aliphatic rings. The zero-order valence-corrected chi connectivity index (χ0v) is 49.4. The van der Waals surface area contributed by atoms with Crippen molar-refractivity contribution in [2.24, 2.45) is 17.6 Å². The van der Waals surface area contributed by atoms with Crippen LogP contribution in [0.1, 0.15) is 101 Å². The molecular weight excluding hydrogens is 1150 g/mol. The number of hydrogen-bond acceptors (Lipinski definition) is 21. The fraction of sp³-hybridized carbons (Fsp3) is 0.491. The molecule has 8 atom stereocenters. The Hall–Kier alpha value is -7.69. The van der Waals surface area contributed by atoms with Gasteiger partial charge in [0.15, 0.2) is 17.4 Å². The first-order valence-electron chi connectivity index (χ1n) is 27.2. The van der Waals surface area contributed by atoms with Crippen LogP contribution in [0.25, 0.3) is 11.2 Å². The molecule has 1 saturated carbocycles. The van der Waals surface area contributed by atoms with E-state index >= 15 is 0 Å². The van der Waals surface area contributed by atoms with Crippen LogP contribution in [0.2, 0.25) is 0 Å². The maximum absolute atomic E-state index is 13.9. The molecule has 10 N–H and O–H groups in total. The van der Waals surface area contributed by atoms with Gasteiger partial charge in [0, 0.05) is 50.1 Å². The molecule has 2 aromatic carbocycles. The van der Waals surface area contributed by atoms with E-state index in [4.69, 9.17) is 38.3 Å². The SMILES string of the molecule is CC(C)[C@H](NC(=O)OC(C)(C)C)C(=O)N[C@@H](CCCNC(N)=O)C(=O)Nc1ccc(COC(=O)N(C)Cc2ccccc2C(=O)Nc2nc3c(ncn3[C@@H]3O[C@H](COP(O)O)C[C@H]3O[PH](=O)OC[C@@H]3CC[C@H](Oc4ccncn4)C3)c(=O)[nH]2)cc1. The van der Waals surface area contributed by atoms with E-state index in [2.05, 4.69) is 51.5 Å². The molecule has 0 radical (unpaired) electrons. The van der Waals surface area contributed by atoms with Crippen LogP contribution >= 0.6 is 16.9 Å². The number of ether oxygens (including phenoxy) is 4. The summed E-state index contributed by atoms with van der Waals surface area (Å²) < 4.78 is 54.4. The standard InChI is InChI=1S/C53H71N13O17P2/c1-30(2)41(61-51(72)82-53(3,4)5)46(69)60-38(12-9-20-56-49(54)71)45(68)59-34-16-13-31(14-17-34)25-77-52(73)65(6)24-33-10-7-8-11-37(33)44(67)63-50-62-43-42(47(70)64-50)58-29-66(43)48-39(23-36(81-48)27-78-84(74)75)83-85(76)79-26-32-15-18-35(22-32)80-40-19-21-55-28-57-40/h7-8,10-11,13-14,16-17,19,21,28-30,32,35-36,38-39,41,48,74-75,85H,9,12,15,18,20,22-27H2,1-6H3,(H,59,68)(H,60,69)(H,61,72)(H3,54,56,71)(H2,62,63,64,67,70)/t32-,35+,36+,38+,39-,41+,48-/m1/s1. The van der Waals surface area contributed by atoms with Gasteiger partial charge in [0.05, 0.1) is 25.6 Å². The minimum atomic E-state index is -3.16. The second-order valence-corrected chi connectivity index (χ2v) is 23.2. The van der Waals surface area contributed by atoms with E-state index in [0.717, 1.165) is 12.8 Å². The number of amides is 7. The van der Waals surface area contributed by atoms with Crippen LogP contribution in [-0.4, -0.2) is 143 Å². The molecule has 85 heavy (non-hydrogen) atoms. The maximum Gasteiger partial charge on any atom is 0.410 e. The van der Waals surface area contributed by atoms with E-state index in [-0.39, 0.29) is 92.8 Å². The molecule has 4 heterocycles. The molecule has 1 aliphatic carbocycles. The Morgan fingerprint density at radius 3 is 2.45 bits per heavy atom. The number of H-pyrrole nitrogens is 1. The lowest BCUT2D eigenvalue weighted by Gasteiger charge is -2.27. The molecule has 5 aromatic rings. The Bertz CT molecular complexity index is 3190. The van der Waals surface area contributed by atoms with Gasteiger partial charge in [-0.2, -0.15) is 4.98 Å². The third-order valence-corrected chi connectivity index (χ3v) is 14.5. The van der Waals surface area contributed by atoms with Gasteiger partial charge in [0.25, 0.3) is 11.5 Å². The zero-order valence-electron chi connectivity index (χ0n) is 47.6. The number of imidazole rings is 1. The van der Waals surface area contributed by atoms with Gasteiger partial charge in [-0.25, -0.2) is 29.3 Å². The van der Waals surface area contributed by atoms with Crippen molar-refractivity contribution < 1.29 is 75.6 Å². The minimum absolute atomic E-state index is 0.0312. The number of carbonyl (C=O) groups excluding carboxylic acids is 6. The van der Waals surface area contributed by atoms with E-state index in [1.807, 2.05) is 0 Å². The van der Waals surface area contributed by atoms with Crippen LogP contribution in [0.3, 0.4) is 0 Å². The molecule has 460 valence electrons. The number of carbonyl (C=O) groups is 6. The van der Waals surface area contributed by atoms with Gasteiger partial charge in [0.2, 0.25) is 23.6 Å². The fourth-order valence-corrected chi connectivity index (χ4v) is 10.4. The van der Waals surface area contributed by atoms with Gasteiger partial charge in [-0.15, -0.1) is 0 Å². The van der Waals surface area contributed by atoms with Crippen molar-refractivity contribution in [3.63, 3.8) is 0 Å². The highest BCUT2D eigenvalue weighted by Gasteiger charge is 2.41. The molecule has 1 saturated heterocycles. The average Bonchev–Trinajstić information content (AvgIpc) is 3.50. The summed E-state index contributed by atoms with van der Waals surface area (Å²) in [5, 5.41) is 13.1. The molecule has 1 aliphatic heterocycles. The van der Waals surface area contributed by atoms with Crippen molar-refractivity contribution in [3.05, 3.63) is 100 Å². The van der Waals surface area contributed by atoms with Crippen LogP contribution < -0.4 is 42.6 Å². The van der Waals surface area contributed by atoms with Crippen molar-refractivity contribution in [2.75, 3.05) is 37.4 Å². The topological polar surface area (TPSA) is 403 Å². The Kier molecular flexibility index (Phi) is 23.2. The summed E-state index contributed by atoms with van der Waals surface area (Å²) in [6.45, 7) is 8.21. The lowest BCUT2D eigenvalue weighted by Crippen LogP contribution is -2.55. The first kappa shape index (κ1) is 64.9. The van der Waals surface area contributed by atoms with E-state index in [1.54, 1.807) is 89.3 Å². The monoisotopic (exact) mass is 1220 g/mol. The van der Waals surface area contributed by atoms with E-state index in [0.29, 0.717) is 29.1 Å². The Morgan fingerprint density at radius 2 is 1.74 bits per heavy atom. The molecule has 0 spiro atoms. The number of urea groups is 1. The summed E-state index contributed by atoms with van der Waals surface area (Å²) >= 11 is 0. The second kappa shape index (κ2) is 30.4. The summed E-state index contributed by atoms with van der Waals surface area (Å²) in [7, 11) is -4.43. The molecule has 7 amide bonds. The van der Waals surface area contributed by atoms with Crippen molar-refractivity contribution in [1.29, 1.82) is 0 Å². The van der Waals surface area contributed by atoms with Gasteiger partial charge in [-0.1, -0.05) is 44.2 Å². The molecule has 1 unspecified atom stereocenters. The number of nitrogens with two attached hydrogens (primary N) is 1. The number of primary amides is 1. The van der Waals surface area contributed by atoms with Gasteiger partial charge in [0.1, 0.15) is 42.8 Å². The van der Waals surface area contributed by atoms with E-state index < -0.39 is 94.5 Å². The molecule has 0 bridgehead atoms. The van der Waals surface area contributed by atoms with Crippen molar-refractivity contribution in [2.45, 2.75) is 129 Å². The van der Waals surface area contributed by atoms with Crippen molar-refractivity contribution in [1.82, 2.24) is 50.3 Å². The van der Waals surface area contributed by atoms with Crippen molar-refractivity contribution >= 4 is 75.6 Å². The number of alkyl carbamates (subject to hydrolysis) is 1. The predicted octanol–water partition coefficient (Wildman–Crippen LogP) is 4.91. The highest BCUT2D eigenvalue weighted by atomic mass is 31.2. The van der Waals surface area contributed by atoms with Crippen LogP contribution in [0.15, 0.2) is 78.2 Å². The van der Waals surface area contributed by atoms with Crippen LogP contribution in [0.5, 0.6) is 5.88 Å². The Morgan fingerprint density at radius 1 is 0.976 bits per heavy atom. The third-order valence-electron chi connectivity index (χ3n) is 13.3. The third kappa shape index (κ3) is 19.7. The summed E-state index contributed by atoms with van der Waals surface area (Å²) in [6, 6.07) is 11.6. The number of rotatable bonds is 27. The second-order valence-electron chi connectivity index (χ2n) is 21.4. The fourth-order valence-electron chi connectivity index (χ4n) is 9.21. The lowest BCUT2D eigenvalue weighted by molar-refractivity contribution is -0.128. The maximum atomic E-state index is 13.9. The van der Waals surface area contributed by atoms with E-state index in [9.17, 15) is 47.9 Å². The molecule has 7 rings (SSSR count). The number of aromatic nitrogens is 6. The number of nitrogens with zero attached hydrogens (tertiary/aromatic N) is 6. The molecule has 32 heteroatoms. The number of fused-ring (bicyclic) bond motifs is 1. The molecular formula is C53H71N13O17P2. The molecule has 2 fully saturated rings. The molecule has 3 aromatic heterocycles.